The Labute approximate surface area is 250 Å². The highest BCUT2D eigenvalue weighted by molar-refractivity contribution is 9.11. The van der Waals surface area contributed by atoms with E-state index in [1.807, 2.05) is 0 Å². The van der Waals surface area contributed by atoms with E-state index in [2.05, 4.69) is 47.8 Å². The highest BCUT2D eigenvalue weighted by atomic mass is 79.9. The number of hydrogen-bond acceptors (Lipinski definition) is 9. The monoisotopic (exact) mass is 780 g/mol. The molecular weight excluding hydrogens is 768 g/mol. The van der Waals surface area contributed by atoms with Gasteiger partial charge in [0.15, 0.2) is 0 Å². The predicted molar refractivity (Wildman–Crippen MR) is 152 cm³/mol. The second kappa shape index (κ2) is 11.6. The first-order chi connectivity index (χ1) is 18.2. The van der Waals surface area contributed by atoms with Gasteiger partial charge < -0.3 is 12.5 Å². The van der Waals surface area contributed by atoms with Crippen molar-refractivity contribution in [1.29, 1.82) is 0 Å². The molecule has 0 radical (unpaired) electrons. The van der Waals surface area contributed by atoms with E-state index in [0.29, 0.717) is 13.4 Å². The molecule has 15 heteroatoms. The highest BCUT2D eigenvalue weighted by Crippen LogP contribution is 2.33. The van der Waals surface area contributed by atoms with E-state index in [9.17, 15) is 25.3 Å². The second-order valence-electron chi connectivity index (χ2n) is 7.61. The van der Waals surface area contributed by atoms with Crippen LogP contribution in [-0.4, -0.2) is 25.3 Å². The molecule has 0 N–H and O–H groups in total. The van der Waals surface area contributed by atoms with Crippen molar-refractivity contribution in [2.24, 2.45) is 0 Å². The summed E-state index contributed by atoms with van der Waals surface area (Å²) in [6, 6.07) is 19.6. The lowest BCUT2D eigenvalue weighted by atomic mass is 10.3. The average Bonchev–Trinajstić information content (AvgIpc) is 2.84. The molecule has 39 heavy (non-hydrogen) atoms. The van der Waals surface area contributed by atoms with Gasteiger partial charge in [0.05, 0.1) is 0 Å². The maximum Gasteiger partial charge on any atom is 0.339 e. The van der Waals surface area contributed by atoms with E-state index in [1.54, 1.807) is 0 Å². The summed E-state index contributed by atoms with van der Waals surface area (Å²) in [4.78, 5) is -0.613. The molecule has 0 aliphatic heterocycles. The zero-order chi connectivity index (χ0) is 28.4. The molecule has 0 amide bonds. The molecule has 4 aromatic rings. The normalized spacial score (nSPS) is 12.1. The fraction of sp³-hybridized carbons (Fsp3) is 0. The van der Waals surface area contributed by atoms with Crippen LogP contribution in [0.4, 0.5) is 0 Å². The quantitative estimate of drug-likeness (QED) is 0.180. The topological polar surface area (TPSA) is 130 Å². The van der Waals surface area contributed by atoms with E-state index >= 15 is 0 Å². The van der Waals surface area contributed by atoms with E-state index in [-0.39, 0.29) is 14.7 Å². The summed E-state index contributed by atoms with van der Waals surface area (Å²) in [6.45, 7) is 0. The van der Waals surface area contributed by atoms with Gasteiger partial charge in [-0.15, -0.1) is 0 Å². The molecule has 0 aliphatic rings. The molecule has 0 heterocycles. The van der Waals surface area contributed by atoms with Crippen LogP contribution in [0.15, 0.2) is 119 Å². The van der Waals surface area contributed by atoms with Crippen molar-refractivity contribution in [3.05, 3.63) is 104 Å². The molecule has 0 aromatic heterocycles. The first-order valence-corrected chi connectivity index (χ1v) is 17.1. The van der Waals surface area contributed by atoms with Gasteiger partial charge in [-0.05, 0) is 72.8 Å². The van der Waals surface area contributed by atoms with Crippen molar-refractivity contribution in [2.45, 2.75) is 14.7 Å². The summed E-state index contributed by atoms with van der Waals surface area (Å²) in [5.74, 6) is -1.37. The summed E-state index contributed by atoms with van der Waals surface area (Å²) in [6.07, 6.45) is 0. The van der Waals surface area contributed by atoms with Crippen molar-refractivity contribution in [3.8, 4) is 17.2 Å². The van der Waals surface area contributed by atoms with Gasteiger partial charge in [-0.2, -0.15) is 25.3 Å². The van der Waals surface area contributed by atoms with Crippen LogP contribution in [-0.2, 0) is 30.4 Å². The van der Waals surface area contributed by atoms with Crippen molar-refractivity contribution < 1.29 is 37.8 Å². The Morgan fingerprint density at radius 3 is 0.795 bits per heavy atom. The van der Waals surface area contributed by atoms with Crippen molar-refractivity contribution in [3.63, 3.8) is 0 Å². The number of halogens is 3. The summed E-state index contributed by atoms with van der Waals surface area (Å²) < 4.78 is 94.5. The molecule has 204 valence electrons. The van der Waals surface area contributed by atoms with E-state index in [4.69, 9.17) is 12.5 Å². The third-order valence-electron chi connectivity index (χ3n) is 4.78. The molecule has 0 saturated heterocycles. The highest BCUT2D eigenvalue weighted by Gasteiger charge is 2.23. The van der Waals surface area contributed by atoms with E-state index in [1.165, 1.54) is 72.8 Å². The Bertz CT molecular complexity index is 1590. The van der Waals surface area contributed by atoms with Crippen LogP contribution in [0.3, 0.4) is 0 Å². The number of benzene rings is 4. The third kappa shape index (κ3) is 7.61. The van der Waals surface area contributed by atoms with Crippen LogP contribution in [0.5, 0.6) is 17.2 Å². The number of rotatable bonds is 9. The SMILES string of the molecule is O=S(=O)(Oc1cc(OS(=O)(=O)c2ccc(Br)cc2)cc(OS(=O)(=O)c2ccc(Br)cc2)c1)c1ccc(Br)cc1. The average molecular weight is 783 g/mol. The van der Waals surface area contributed by atoms with Crippen LogP contribution in [0.25, 0.3) is 0 Å². The van der Waals surface area contributed by atoms with E-state index in [0.717, 1.165) is 18.2 Å². The Kier molecular flexibility index (Phi) is 8.78. The van der Waals surface area contributed by atoms with Gasteiger partial charge >= 0.3 is 30.4 Å². The molecule has 0 atom stereocenters. The molecule has 0 bridgehead atoms. The Morgan fingerprint density at radius 1 is 0.385 bits per heavy atom. The first kappa shape index (κ1) is 29.6. The molecule has 9 nitrogen and oxygen atoms in total. The smallest absolute Gasteiger partial charge is 0.339 e. The predicted octanol–water partition coefficient (Wildman–Crippen LogP) is 6.28. The van der Waals surface area contributed by atoms with Crippen molar-refractivity contribution in [1.82, 2.24) is 0 Å². The van der Waals surface area contributed by atoms with Gasteiger partial charge in [-0.25, -0.2) is 0 Å². The van der Waals surface area contributed by atoms with Crippen LogP contribution in [0, 0.1) is 0 Å². The molecule has 4 rings (SSSR count). The zero-order valence-electron chi connectivity index (χ0n) is 19.2. The lowest BCUT2D eigenvalue weighted by molar-refractivity contribution is 0.466. The number of hydrogen-bond donors (Lipinski definition) is 0. The lowest BCUT2D eigenvalue weighted by Crippen LogP contribution is -2.13. The molecule has 4 aromatic carbocycles. The minimum absolute atomic E-state index is 0.204. The van der Waals surface area contributed by atoms with Gasteiger partial charge in [0, 0.05) is 31.6 Å². The Hall–Kier alpha value is -2.43. The Morgan fingerprint density at radius 2 is 0.590 bits per heavy atom. The molecule has 0 unspecified atom stereocenters. The van der Waals surface area contributed by atoms with Gasteiger partial charge in [0.1, 0.15) is 31.9 Å². The van der Waals surface area contributed by atoms with Crippen LogP contribution in [0.2, 0.25) is 0 Å². The fourth-order valence-corrected chi connectivity index (χ4v) is 6.56. The lowest BCUT2D eigenvalue weighted by Gasteiger charge is -2.13. The van der Waals surface area contributed by atoms with Gasteiger partial charge in [-0.3, -0.25) is 0 Å². The molecule has 0 saturated carbocycles. The summed E-state index contributed by atoms with van der Waals surface area (Å²) in [7, 11) is -13.2. The fourth-order valence-electron chi connectivity index (χ4n) is 3.02. The van der Waals surface area contributed by atoms with Crippen LogP contribution in [0.1, 0.15) is 0 Å². The minimum Gasteiger partial charge on any atom is -0.379 e. The van der Waals surface area contributed by atoms with Crippen molar-refractivity contribution >= 4 is 78.1 Å². The van der Waals surface area contributed by atoms with Gasteiger partial charge in [-0.1, -0.05) is 47.8 Å². The summed E-state index contributed by atoms with van der Waals surface area (Å²) in [5, 5.41) is 0. The molecular formula is C24H15Br3O9S3. The van der Waals surface area contributed by atoms with Crippen molar-refractivity contribution in [2.75, 3.05) is 0 Å². The first-order valence-electron chi connectivity index (χ1n) is 10.5. The molecule has 0 spiro atoms. The van der Waals surface area contributed by atoms with E-state index < -0.39 is 47.6 Å². The second-order valence-corrected chi connectivity index (χ2v) is 15.0. The Balaban J connectivity index is 1.74. The molecule has 0 fully saturated rings. The van der Waals surface area contributed by atoms with Gasteiger partial charge in [0.25, 0.3) is 0 Å². The largest absolute Gasteiger partial charge is 0.379 e. The zero-order valence-corrected chi connectivity index (χ0v) is 26.4. The minimum atomic E-state index is -4.41. The summed E-state index contributed by atoms with van der Waals surface area (Å²) in [5.41, 5.74) is 0. The van der Waals surface area contributed by atoms with Crippen LogP contribution >= 0.6 is 47.8 Å². The van der Waals surface area contributed by atoms with Crippen LogP contribution < -0.4 is 12.5 Å². The maximum absolute atomic E-state index is 12.8. The third-order valence-corrected chi connectivity index (χ3v) is 10.1. The molecule has 0 aliphatic carbocycles. The standard InChI is InChI=1S/C24H15Br3O9S3/c25-16-1-7-22(8-2-16)37(28,29)34-19-13-20(35-38(30,31)23-9-3-17(26)4-10-23)15-21(14-19)36-39(32,33)24-11-5-18(27)6-12-24/h1-15H. The van der Waals surface area contributed by atoms with Gasteiger partial charge in [0.2, 0.25) is 0 Å². The maximum atomic E-state index is 12.8. The summed E-state index contributed by atoms with van der Waals surface area (Å²) >= 11 is 9.64.